The van der Waals surface area contributed by atoms with Crippen LogP contribution < -0.4 is 9.46 Å². The lowest BCUT2D eigenvalue weighted by Crippen LogP contribution is -2.41. The number of sulfonamides is 1. The van der Waals surface area contributed by atoms with E-state index in [1.807, 2.05) is 38.1 Å². The second-order valence-electron chi connectivity index (χ2n) is 6.77. The van der Waals surface area contributed by atoms with Gasteiger partial charge in [-0.05, 0) is 37.6 Å². The first-order valence-electron chi connectivity index (χ1n) is 7.87. The van der Waals surface area contributed by atoms with Crippen LogP contribution in [0.5, 0.6) is 5.75 Å². The van der Waals surface area contributed by atoms with Crippen LogP contribution in [0, 0.1) is 0 Å². The number of rotatable bonds is 4. The molecule has 2 aromatic carbocycles. The first-order valence-corrected chi connectivity index (χ1v) is 10.3. The highest BCUT2D eigenvalue weighted by Gasteiger charge is 2.35. The molecule has 0 aliphatic carbocycles. The van der Waals surface area contributed by atoms with E-state index in [0.29, 0.717) is 27.8 Å². The van der Waals surface area contributed by atoms with Gasteiger partial charge in [-0.2, -0.15) is 0 Å². The van der Waals surface area contributed by atoms with Gasteiger partial charge in [0.25, 0.3) is 0 Å². The molecule has 0 radical (unpaired) electrons. The quantitative estimate of drug-likeness (QED) is 0.809. The predicted octanol–water partition coefficient (Wildman–Crippen LogP) is 4.72. The minimum Gasteiger partial charge on any atom is -0.487 e. The number of nitrogens with one attached hydrogen (secondary N) is 1. The van der Waals surface area contributed by atoms with Gasteiger partial charge in [0.2, 0.25) is 10.0 Å². The molecule has 1 aliphatic heterocycles. The van der Waals surface area contributed by atoms with Crippen molar-refractivity contribution in [2.24, 2.45) is 0 Å². The second kappa shape index (κ2) is 6.80. The molecule has 1 aliphatic rings. The van der Waals surface area contributed by atoms with Crippen LogP contribution in [0.2, 0.25) is 10.0 Å². The third-order valence-electron chi connectivity index (χ3n) is 4.06. The molecule has 1 N–H and O–H groups in total. The summed E-state index contributed by atoms with van der Waals surface area (Å²) in [6.07, 6.45) is 0.539. The zero-order valence-electron chi connectivity index (χ0n) is 13.9. The van der Waals surface area contributed by atoms with Crippen molar-refractivity contribution in [2.75, 3.05) is 0 Å². The highest BCUT2D eigenvalue weighted by atomic mass is 35.5. The molecule has 1 atom stereocenters. The maximum atomic E-state index is 12.7. The molecular weight excluding hydrogens is 381 g/mol. The fraction of sp³-hybridized carbons (Fsp3) is 0.333. The van der Waals surface area contributed by atoms with E-state index in [-0.39, 0.29) is 11.8 Å². The van der Waals surface area contributed by atoms with Crippen molar-refractivity contribution in [3.05, 3.63) is 63.6 Å². The molecule has 0 bridgehead atoms. The lowest BCUT2D eigenvalue weighted by atomic mass is 9.90. The summed E-state index contributed by atoms with van der Waals surface area (Å²) in [5.41, 5.74) is 0.894. The summed E-state index contributed by atoms with van der Waals surface area (Å²) in [6, 6.07) is 11.9. The Kier molecular flexibility index (Phi) is 5.04. The number of benzene rings is 2. The third-order valence-corrected chi connectivity index (χ3v) is 5.98. The standard InChI is InChI=1S/C18H19Cl2NO3S/c1-18(2)10-16(14-5-3-4-6-17(14)24-18)21-25(22,23)11-12-7-8-13(19)9-15(12)20/h3-9,16,21H,10-11H2,1-2H3/t16-/m1/s1. The summed E-state index contributed by atoms with van der Waals surface area (Å²) in [5.74, 6) is 0.499. The van der Waals surface area contributed by atoms with Gasteiger partial charge in [-0.3, -0.25) is 0 Å². The number of hydrogen-bond acceptors (Lipinski definition) is 3. The van der Waals surface area contributed by atoms with Gasteiger partial charge < -0.3 is 4.74 Å². The Labute approximate surface area is 158 Å². The molecule has 0 amide bonds. The summed E-state index contributed by atoms with van der Waals surface area (Å²) in [7, 11) is -3.60. The Balaban J connectivity index is 1.85. The van der Waals surface area contributed by atoms with Crippen molar-refractivity contribution in [3.8, 4) is 5.75 Å². The molecule has 2 aromatic rings. The van der Waals surface area contributed by atoms with Gasteiger partial charge in [0.15, 0.2) is 0 Å². The van der Waals surface area contributed by atoms with E-state index >= 15 is 0 Å². The average Bonchev–Trinajstić information content (AvgIpc) is 2.48. The Hall–Kier alpha value is -1.27. The van der Waals surface area contributed by atoms with E-state index in [1.165, 1.54) is 0 Å². The summed E-state index contributed by atoms with van der Waals surface area (Å²) in [5, 5.41) is 0.810. The number of hydrogen-bond donors (Lipinski definition) is 1. The Morgan fingerprint density at radius 3 is 2.64 bits per heavy atom. The molecule has 4 nitrogen and oxygen atoms in total. The van der Waals surface area contributed by atoms with Crippen LogP contribution in [0.25, 0.3) is 0 Å². The number of fused-ring (bicyclic) bond motifs is 1. The number of para-hydroxylation sites is 1. The first-order chi connectivity index (χ1) is 11.7. The summed E-state index contributed by atoms with van der Waals surface area (Å²) >= 11 is 12.0. The maximum absolute atomic E-state index is 12.7. The van der Waals surface area contributed by atoms with Gasteiger partial charge in [-0.25, -0.2) is 13.1 Å². The van der Waals surface area contributed by atoms with Crippen LogP contribution in [0.1, 0.15) is 37.4 Å². The highest BCUT2D eigenvalue weighted by molar-refractivity contribution is 7.88. The van der Waals surface area contributed by atoms with E-state index < -0.39 is 15.6 Å². The summed E-state index contributed by atoms with van der Waals surface area (Å²) < 4.78 is 34.1. The summed E-state index contributed by atoms with van der Waals surface area (Å²) in [4.78, 5) is 0. The molecule has 0 unspecified atom stereocenters. The Morgan fingerprint density at radius 1 is 1.20 bits per heavy atom. The molecule has 134 valence electrons. The van der Waals surface area contributed by atoms with Crippen LogP contribution >= 0.6 is 23.2 Å². The topological polar surface area (TPSA) is 55.4 Å². The van der Waals surface area contributed by atoms with Gasteiger partial charge in [0, 0.05) is 22.0 Å². The number of halogens is 2. The molecule has 0 saturated heterocycles. The fourth-order valence-corrected chi connectivity index (χ4v) is 4.95. The third kappa shape index (κ3) is 4.47. The van der Waals surface area contributed by atoms with Gasteiger partial charge in [0.1, 0.15) is 11.4 Å². The molecule has 0 saturated carbocycles. The van der Waals surface area contributed by atoms with Crippen molar-refractivity contribution in [2.45, 2.75) is 37.7 Å². The molecule has 0 fully saturated rings. The normalized spacial score (nSPS) is 19.1. The lowest BCUT2D eigenvalue weighted by Gasteiger charge is -2.37. The maximum Gasteiger partial charge on any atom is 0.216 e. The summed E-state index contributed by atoms with van der Waals surface area (Å²) in [6.45, 7) is 3.89. The molecule has 0 spiro atoms. The second-order valence-corrected chi connectivity index (χ2v) is 9.37. The average molecular weight is 400 g/mol. The largest absolute Gasteiger partial charge is 0.487 e. The van der Waals surface area contributed by atoms with Crippen LogP contribution in [0.3, 0.4) is 0 Å². The minimum atomic E-state index is -3.60. The molecule has 3 rings (SSSR count). The van der Waals surface area contributed by atoms with Crippen molar-refractivity contribution >= 4 is 33.2 Å². The monoisotopic (exact) mass is 399 g/mol. The van der Waals surface area contributed by atoms with Crippen molar-refractivity contribution in [1.29, 1.82) is 0 Å². The van der Waals surface area contributed by atoms with Crippen LogP contribution in [0.15, 0.2) is 42.5 Å². The molecule has 0 aromatic heterocycles. The highest BCUT2D eigenvalue weighted by Crippen LogP contribution is 2.39. The Bertz CT molecular complexity index is 897. The Morgan fingerprint density at radius 2 is 1.92 bits per heavy atom. The zero-order valence-corrected chi connectivity index (χ0v) is 16.3. The van der Waals surface area contributed by atoms with E-state index in [9.17, 15) is 8.42 Å². The molecule has 7 heteroatoms. The zero-order chi connectivity index (χ0) is 18.2. The lowest BCUT2D eigenvalue weighted by molar-refractivity contribution is 0.0702. The molecular formula is C18H19Cl2NO3S. The molecule has 25 heavy (non-hydrogen) atoms. The van der Waals surface area contributed by atoms with E-state index in [4.69, 9.17) is 27.9 Å². The SMILES string of the molecule is CC1(C)C[C@@H](NS(=O)(=O)Cc2ccc(Cl)cc2Cl)c2ccccc2O1. The van der Waals surface area contributed by atoms with Crippen molar-refractivity contribution in [1.82, 2.24) is 4.72 Å². The van der Waals surface area contributed by atoms with Crippen molar-refractivity contribution < 1.29 is 13.2 Å². The van der Waals surface area contributed by atoms with E-state index in [2.05, 4.69) is 4.72 Å². The number of ether oxygens (including phenoxy) is 1. The van der Waals surface area contributed by atoms with E-state index in [0.717, 1.165) is 5.56 Å². The minimum absolute atomic E-state index is 0.205. The smallest absolute Gasteiger partial charge is 0.216 e. The van der Waals surface area contributed by atoms with Gasteiger partial charge in [-0.1, -0.05) is 47.5 Å². The van der Waals surface area contributed by atoms with Crippen molar-refractivity contribution in [3.63, 3.8) is 0 Å². The van der Waals surface area contributed by atoms with E-state index in [1.54, 1.807) is 18.2 Å². The van der Waals surface area contributed by atoms with Gasteiger partial charge in [0.05, 0.1) is 11.8 Å². The van der Waals surface area contributed by atoms with Gasteiger partial charge in [-0.15, -0.1) is 0 Å². The predicted molar refractivity (Wildman–Crippen MR) is 101 cm³/mol. The van der Waals surface area contributed by atoms with Crippen LogP contribution in [-0.4, -0.2) is 14.0 Å². The van der Waals surface area contributed by atoms with Crippen LogP contribution in [-0.2, 0) is 15.8 Å². The molecule has 1 heterocycles. The fourth-order valence-electron chi connectivity index (χ4n) is 3.01. The van der Waals surface area contributed by atoms with Crippen LogP contribution in [0.4, 0.5) is 0 Å². The van der Waals surface area contributed by atoms with Gasteiger partial charge >= 0.3 is 0 Å². The first kappa shape index (κ1) is 18.5.